The first kappa shape index (κ1) is 16.8. The van der Waals surface area contributed by atoms with Gasteiger partial charge in [0.2, 0.25) is 0 Å². The van der Waals surface area contributed by atoms with Gasteiger partial charge in [0.1, 0.15) is 0 Å². The zero-order chi connectivity index (χ0) is 17.8. The van der Waals surface area contributed by atoms with Crippen molar-refractivity contribution in [2.24, 2.45) is 0 Å². The van der Waals surface area contributed by atoms with Crippen LogP contribution in [0.2, 0.25) is 5.02 Å². The Bertz CT molecular complexity index is 973. The maximum atomic E-state index is 6.06. The molecule has 0 amide bonds. The smallest absolute Gasteiger partial charge is 0.0946 e. The first-order valence-electron chi connectivity index (χ1n) is 8.71. The quantitative estimate of drug-likeness (QED) is 0.510. The third-order valence-corrected chi connectivity index (χ3v) is 4.90. The lowest BCUT2D eigenvalue weighted by atomic mass is 10.0. The van der Waals surface area contributed by atoms with Crippen LogP contribution in [0.25, 0.3) is 10.8 Å². The van der Waals surface area contributed by atoms with E-state index in [1.54, 1.807) is 0 Å². The molecule has 130 valence electrons. The van der Waals surface area contributed by atoms with E-state index in [0.29, 0.717) is 0 Å². The van der Waals surface area contributed by atoms with Gasteiger partial charge in [-0.25, -0.2) is 4.98 Å². The maximum absolute atomic E-state index is 6.06. The van der Waals surface area contributed by atoms with E-state index in [4.69, 9.17) is 11.6 Å². The number of benzene rings is 3. The molecule has 1 atom stereocenters. The number of aromatic nitrogens is 2. The molecule has 0 aliphatic carbocycles. The summed E-state index contributed by atoms with van der Waals surface area (Å²) in [5, 5.41) is 7.02. The van der Waals surface area contributed by atoms with Crippen LogP contribution in [-0.4, -0.2) is 9.55 Å². The lowest BCUT2D eigenvalue weighted by Gasteiger charge is -2.20. The highest BCUT2D eigenvalue weighted by atomic mass is 35.5. The van der Waals surface area contributed by atoms with Crippen molar-refractivity contribution < 1.29 is 0 Å². The van der Waals surface area contributed by atoms with Crippen molar-refractivity contribution in [3.05, 3.63) is 102 Å². The zero-order valence-electron chi connectivity index (χ0n) is 14.3. The molecule has 1 heterocycles. The number of imidazole rings is 1. The predicted molar refractivity (Wildman–Crippen MR) is 107 cm³/mol. The Morgan fingerprint density at radius 1 is 0.962 bits per heavy atom. The molecular weight excluding hydrogens is 342 g/mol. The van der Waals surface area contributed by atoms with Crippen molar-refractivity contribution in [3.63, 3.8) is 0 Å². The van der Waals surface area contributed by atoms with Gasteiger partial charge in [-0.15, -0.1) is 0 Å². The molecular formula is C22H20ClN3. The summed E-state index contributed by atoms with van der Waals surface area (Å²) in [6.45, 7) is 1.61. The highest BCUT2D eigenvalue weighted by Gasteiger charge is 2.12. The monoisotopic (exact) mass is 361 g/mol. The van der Waals surface area contributed by atoms with Gasteiger partial charge < -0.3 is 9.88 Å². The van der Waals surface area contributed by atoms with Crippen LogP contribution in [-0.2, 0) is 13.1 Å². The number of nitrogens with zero attached hydrogens (tertiary/aromatic N) is 2. The molecule has 26 heavy (non-hydrogen) atoms. The van der Waals surface area contributed by atoms with Crippen LogP contribution < -0.4 is 5.32 Å². The van der Waals surface area contributed by atoms with Crippen molar-refractivity contribution in [1.29, 1.82) is 0 Å². The Morgan fingerprint density at radius 3 is 2.58 bits per heavy atom. The molecule has 0 aliphatic heterocycles. The minimum absolute atomic E-state index is 0.167. The van der Waals surface area contributed by atoms with Crippen molar-refractivity contribution in [2.75, 3.05) is 0 Å². The largest absolute Gasteiger partial charge is 0.336 e. The molecule has 0 aliphatic rings. The van der Waals surface area contributed by atoms with E-state index >= 15 is 0 Å². The molecule has 0 fully saturated rings. The second kappa shape index (κ2) is 7.73. The van der Waals surface area contributed by atoms with Crippen LogP contribution in [0.3, 0.4) is 0 Å². The molecule has 0 bridgehead atoms. The summed E-state index contributed by atoms with van der Waals surface area (Å²) in [6.07, 6.45) is 5.65. The van der Waals surface area contributed by atoms with Gasteiger partial charge in [0.05, 0.1) is 12.4 Å². The summed E-state index contributed by atoms with van der Waals surface area (Å²) in [5.74, 6) is 0. The minimum Gasteiger partial charge on any atom is -0.336 e. The number of fused-ring (bicyclic) bond motifs is 1. The van der Waals surface area contributed by atoms with Crippen molar-refractivity contribution in [1.82, 2.24) is 14.9 Å². The van der Waals surface area contributed by atoms with E-state index in [0.717, 1.165) is 18.1 Å². The van der Waals surface area contributed by atoms with E-state index in [1.165, 1.54) is 21.9 Å². The summed E-state index contributed by atoms with van der Waals surface area (Å²) in [7, 11) is 0. The predicted octanol–water partition coefficient (Wildman–Crippen LogP) is 5.22. The van der Waals surface area contributed by atoms with Crippen LogP contribution in [0.5, 0.6) is 0 Å². The van der Waals surface area contributed by atoms with Gasteiger partial charge in [-0.2, -0.15) is 0 Å². The topological polar surface area (TPSA) is 29.9 Å². The van der Waals surface area contributed by atoms with Crippen LogP contribution in [0.1, 0.15) is 17.2 Å². The zero-order valence-corrected chi connectivity index (χ0v) is 15.1. The number of rotatable bonds is 6. The molecule has 1 N–H and O–H groups in total. The van der Waals surface area contributed by atoms with Gasteiger partial charge in [-0.05, 0) is 34.0 Å². The SMILES string of the molecule is Clc1ccc(C(Cn2ccnc2)NCc2cccc3ccccc23)cc1. The number of hydrogen-bond donors (Lipinski definition) is 1. The number of halogens is 1. The molecule has 0 spiro atoms. The molecule has 3 aromatic carbocycles. The van der Waals surface area contributed by atoms with Gasteiger partial charge in [-0.1, -0.05) is 66.2 Å². The van der Waals surface area contributed by atoms with E-state index < -0.39 is 0 Å². The van der Waals surface area contributed by atoms with Crippen LogP contribution in [0.4, 0.5) is 0 Å². The first-order chi connectivity index (χ1) is 12.8. The normalized spacial score (nSPS) is 12.3. The molecule has 0 saturated heterocycles. The van der Waals surface area contributed by atoms with Crippen molar-refractivity contribution in [2.45, 2.75) is 19.1 Å². The molecule has 4 aromatic rings. The summed E-state index contributed by atoms with van der Waals surface area (Å²) in [5.41, 5.74) is 2.51. The van der Waals surface area contributed by atoms with E-state index in [-0.39, 0.29) is 6.04 Å². The molecule has 4 heteroatoms. The standard InChI is InChI=1S/C22H20ClN3/c23-20-10-8-18(9-11-20)22(15-26-13-12-24-16-26)25-14-19-6-3-5-17-4-1-2-7-21(17)19/h1-13,16,22,25H,14-15H2. The number of hydrogen-bond acceptors (Lipinski definition) is 2. The van der Waals surface area contributed by atoms with Gasteiger partial charge in [0, 0.05) is 30.5 Å². The average Bonchev–Trinajstić information content (AvgIpc) is 3.19. The summed E-state index contributed by atoms with van der Waals surface area (Å²) in [4.78, 5) is 4.16. The van der Waals surface area contributed by atoms with Gasteiger partial charge in [0.25, 0.3) is 0 Å². The average molecular weight is 362 g/mol. The van der Waals surface area contributed by atoms with Gasteiger partial charge in [0.15, 0.2) is 0 Å². The van der Waals surface area contributed by atoms with Gasteiger partial charge >= 0.3 is 0 Å². The fourth-order valence-corrected chi connectivity index (χ4v) is 3.39. The second-order valence-corrected chi connectivity index (χ2v) is 6.82. The fourth-order valence-electron chi connectivity index (χ4n) is 3.27. The molecule has 0 saturated carbocycles. The summed E-state index contributed by atoms with van der Waals surface area (Å²) >= 11 is 6.06. The summed E-state index contributed by atoms with van der Waals surface area (Å²) in [6, 6.07) is 23.2. The Hall–Kier alpha value is -2.62. The van der Waals surface area contributed by atoms with Gasteiger partial charge in [-0.3, -0.25) is 0 Å². The van der Waals surface area contributed by atoms with Crippen molar-refractivity contribution in [3.8, 4) is 0 Å². The Kier molecular flexibility index (Phi) is 5.00. The molecule has 1 aromatic heterocycles. The molecule has 1 unspecified atom stereocenters. The second-order valence-electron chi connectivity index (χ2n) is 6.38. The Balaban J connectivity index is 1.58. The highest BCUT2D eigenvalue weighted by Crippen LogP contribution is 2.22. The number of nitrogens with one attached hydrogen (secondary N) is 1. The maximum Gasteiger partial charge on any atom is 0.0946 e. The lowest BCUT2D eigenvalue weighted by molar-refractivity contribution is 0.462. The van der Waals surface area contributed by atoms with Crippen LogP contribution in [0, 0.1) is 0 Å². The third kappa shape index (κ3) is 3.79. The first-order valence-corrected chi connectivity index (χ1v) is 9.08. The third-order valence-electron chi connectivity index (χ3n) is 4.64. The van der Waals surface area contributed by atoms with Crippen molar-refractivity contribution >= 4 is 22.4 Å². The Morgan fingerprint density at radius 2 is 1.77 bits per heavy atom. The Labute approximate surface area is 158 Å². The molecule has 0 radical (unpaired) electrons. The lowest BCUT2D eigenvalue weighted by Crippen LogP contribution is -2.25. The summed E-state index contributed by atoms with van der Waals surface area (Å²) < 4.78 is 2.09. The van der Waals surface area contributed by atoms with E-state index in [2.05, 4.69) is 69.5 Å². The van der Waals surface area contributed by atoms with Crippen LogP contribution >= 0.6 is 11.6 Å². The minimum atomic E-state index is 0.167. The van der Waals surface area contributed by atoms with Crippen LogP contribution in [0.15, 0.2) is 85.5 Å². The highest BCUT2D eigenvalue weighted by molar-refractivity contribution is 6.30. The molecule has 4 rings (SSSR count). The fraction of sp³-hybridized carbons (Fsp3) is 0.136. The van der Waals surface area contributed by atoms with E-state index in [1.807, 2.05) is 30.9 Å². The van der Waals surface area contributed by atoms with E-state index in [9.17, 15) is 0 Å². The molecule has 3 nitrogen and oxygen atoms in total.